The molecule has 2 bridgehead atoms. The SMILES string of the molecule is CC1C(NC(=O)c2cc3c(C#N)coc3cn2)C2CCN1CC2. The average molecular weight is 310 g/mol. The lowest BCUT2D eigenvalue weighted by Gasteiger charge is -2.49. The largest absolute Gasteiger partial charge is 0.461 e. The Hall–Kier alpha value is -2.39. The van der Waals surface area contributed by atoms with Crippen LogP contribution in [0.25, 0.3) is 11.0 Å². The summed E-state index contributed by atoms with van der Waals surface area (Å²) in [7, 11) is 0. The van der Waals surface area contributed by atoms with Gasteiger partial charge in [-0.05, 0) is 44.8 Å². The van der Waals surface area contributed by atoms with E-state index in [9.17, 15) is 4.79 Å². The third-order valence-corrected chi connectivity index (χ3v) is 5.29. The Balaban J connectivity index is 1.58. The number of amides is 1. The van der Waals surface area contributed by atoms with Gasteiger partial charge < -0.3 is 9.73 Å². The first-order valence-electron chi connectivity index (χ1n) is 7.99. The molecule has 5 rings (SSSR count). The molecule has 3 saturated heterocycles. The summed E-state index contributed by atoms with van der Waals surface area (Å²) < 4.78 is 5.26. The molecule has 3 fully saturated rings. The lowest BCUT2D eigenvalue weighted by molar-refractivity contribution is 0.0216. The zero-order valence-electron chi connectivity index (χ0n) is 13.0. The lowest BCUT2D eigenvalue weighted by Crippen LogP contribution is -2.62. The molecule has 3 aliphatic heterocycles. The number of furan rings is 1. The van der Waals surface area contributed by atoms with Crippen molar-refractivity contribution in [3.8, 4) is 6.07 Å². The van der Waals surface area contributed by atoms with Gasteiger partial charge >= 0.3 is 0 Å². The Bertz CT molecular complexity index is 797. The molecule has 2 aromatic rings. The third-order valence-electron chi connectivity index (χ3n) is 5.29. The number of nitrogens with zero attached hydrogens (tertiary/aromatic N) is 3. The van der Waals surface area contributed by atoms with Gasteiger partial charge in [0.1, 0.15) is 18.0 Å². The molecule has 0 spiro atoms. The van der Waals surface area contributed by atoms with Crippen molar-refractivity contribution >= 4 is 16.9 Å². The molecule has 118 valence electrons. The van der Waals surface area contributed by atoms with Crippen molar-refractivity contribution in [1.82, 2.24) is 15.2 Å². The molecule has 0 saturated carbocycles. The highest BCUT2D eigenvalue weighted by Crippen LogP contribution is 2.32. The normalized spacial score (nSPS) is 29.4. The molecule has 23 heavy (non-hydrogen) atoms. The second-order valence-electron chi connectivity index (χ2n) is 6.44. The van der Waals surface area contributed by atoms with Gasteiger partial charge in [0.2, 0.25) is 0 Å². The molecule has 3 aliphatic rings. The minimum absolute atomic E-state index is 0.169. The fourth-order valence-corrected chi connectivity index (χ4v) is 3.91. The number of nitriles is 1. The Morgan fingerprint density at radius 1 is 1.48 bits per heavy atom. The minimum atomic E-state index is -0.178. The second kappa shape index (κ2) is 5.36. The van der Waals surface area contributed by atoms with E-state index < -0.39 is 0 Å². The zero-order chi connectivity index (χ0) is 16.0. The number of carbonyl (C=O) groups excluding carboxylic acids is 1. The minimum Gasteiger partial charge on any atom is -0.461 e. The van der Waals surface area contributed by atoms with Crippen LogP contribution in [0.4, 0.5) is 0 Å². The molecule has 6 heteroatoms. The first kappa shape index (κ1) is 14.2. The molecule has 0 radical (unpaired) electrons. The average Bonchev–Trinajstić information content (AvgIpc) is 3.00. The summed E-state index contributed by atoms with van der Waals surface area (Å²) in [5.41, 5.74) is 1.28. The van der Waals surface area contributed by atoms with Crippen molar-refractivity contribution in [3.05, 3.63) is 29.8 Å². The molecule has 0 aliphatic carbocycles. The summed E-state index contributed by atoms with van der Waals surface area (Å²) in [5.74, 6) is 0.369. The topological polar surface area (TPSA) is 82.2 Å². The maximum absolute atomic E-state index is 12.6. The Labute approximate surface area is 134 Å². The van der Waals surface area contributed by atoms with Crippen LogP contribution >= 0.6 is 0 Å². The van der Waals surface area contributed by atoms with Crippen LogP contribution in [0.2, 0.25) is 0 Å². The summed E-state index contributed by atoms with van der Waals surface area (Å²) in [5, 5.41) is 12.9. The number of hydrogen-bond acceptors (Lipinski definition) is 5. The predicted octanol–water partition coefficient (Wildman–Crippen LogP) is 1.91. The third kappa shape index (κ3) is 2.28. The van der Waals surface area contributed by atoms with Crippen LogP contribution in [0.5, 0.6) is 0 Å². The standard InChI is InChI=1S/C17H18N4O2/c1-10-16(11-2-4-21(10)5-3-11)20-17(22)14-6-13-12(7-18)9-23-15(13)8-19-14/h6,8-11,16H,2-5H2,1H3,(H,20,22). The molecule has 1 amide bonds. The number of piperidine rings is 3. The molecule has 2 atom stereocenters. The summed E-state index contributed by atoms with van der Waals surface area (Å²) >= 11 is 0. The van der Waals surface area contributed by atoms with E-state index in [1.165, 1.54) is 12.5 Å². The van der Waals surface area contributed by atoms with E-state index >= 15 is 0 Å². The van der Waals surface area contributed by atoms with Crippen LogP contribution in [0.1, 0.15) is 35.8 Å². The molecule has 6 nitrogen and oxygen atoms in total. The van der Waals surface area contributed by atoms with Crippen LogP contribution in [-0.2, 0) is 0 Å². The first-order chi connectivity index (χ1) is 11.2. The predicted molar refractivity (Wildman–Crippen MR) is 83.7 cm³/mol. The van der Waals surface area contributed by atoms with E-state index in [-0.39, 0.29) is 11.9 Å². The van der Waals surface area contributed by atoms with E-state index in [1.54, 1.807) is 6.07 Å². The van der Waals surface area contributed by atoms with Crippen molar-refractivity contribution in [1.29, 1.82) is 5.26 Å². The molecular weight excluding hydrogens is 292 g/mol. The number of carbonyl (C=O) groups is 1. The number of pyridine rings is 1. The highest BCUT2D eigenvalue weighted by Gasteiger charge is 2.40. The highest BCUT2D eigenvalue weighted by atomic mass is 16.3. The summed E-state index contributed by atoms with van der Waals surface area (Å²) in [6, 6.07) is 4.23. The number of nitrogens with one attached hydrogen (secondary N) is 1. The first-order valence-corrected chi connectivity index (χ1v) is 7.99. The van der Waals surface area contributed by atoms with Gasteiger partial charge in [0.25, 0.3) is 5.91 Å². The van der Waals surface area contributed by atoms with Gasteiger partial charge in [0.15, 0.2) is 5.58 Å². The van der Waals surface area contributed by atoms with E-state index in [0.717, 1.165) is 25.9 Å². The Kier molecular flexibility index (Phi) is 3.31. The van der Waals surface area contributed by atoms with Crippen molar-refractivity contribution in [2.45, 2.75) is 31.8 Å². The van der Waals surface area contributed by atoms with Crippen LogP contribution in [-0.4, -0.2) is 41.0 Å². The van der Waals surface area contributed by atoms with E-state index in [4.69, 9.17) is 9.68 Å². The van der Waals surface area contributed by atoms with Gasteiger partial charge in [-0.1, -0.05) is 0 Å². The number of fused-ring (bicyclic) bond motifs is 4. The van der Waals surface area contributed by atoms with Gasteiger partial charge in [-0.2, -0.15) is 5.26 Å². The Morgan fingerprint density at radius 2 is 2.26 bits per heavy atom. The summed E-state index contributed by atoms with van der Waals surface area (Å²) in [6.07, 6.45) is 5.18. The van der Waals surface area contributed by atoms with Gasteiger partial charge in [-0.3, -0.25) is 9.69 Å². The molecule has 2 aromatic heterocycles. The fourth-order valence-electron chi connectivity index (χ4n) is 3.91. The van der Waals surface area contributed by atoms with Crippen LogP contribution < -0.4 is 5.32 Å². The quantitative estimate of drug-likeness (QED) is 0.916. The molecular formula is C17H18N4O2. The maximum atomic E-state index is 12.6. The lowest BCUT2D eigenvalue weighted by atomic mass is 9.79. The van der Waals surface area contributed by atoms with E-state index in [2.05, 4.69) is 28.2 Å². The van der Waals surface area contributed by atoms with Gasteiger partial charge in [-0.25, -0.2) is 4.98 Å². The molecule has 5 heterocycles. The smallest absolute Gasteiger partial charge is 0.270 e. The van der Waals surface area contributed by atoms with E-state index in [1.807, 2.05) is 0 Å². The van der Waals surface area contributed by atoms with Gasteiger partial charge in [0.05, 0.1) is 11.8 Å². The zero-order valence-corrected chi connectivity index (χ0v) is 13.0. The van der Waals surface area contributed by atoms with Crippen molar-refractivity contribution in [2.75, 3.05) is 13.1 Å². The van der Waals surface area contributed by atoms with Gasteiger partial charge in [-0.15, -0.1) is 0 Å². The van der Waals surface area contributed by atoms with Crippen LogP contribution in [0, 0.1) is 17.2 Å². The van der Waals surface area contributed by atoms with Crippen LogP contribution in [0.15, 0.2) is 22.9 Å². The maximum Gasteiger partial charge on any atom is 0.270 e. The number of hydrogen-bond donors (Lipinski definition) is 1. The molecule has 0 aromatic carbocycles. The van der Waals surface area contributed by atoms with Gasteiger partial charge in [0, 0.05) is 17.5 Å². The second-order valence-corrected chi connectivity index (χ2v) is 6.44. The summed E-state index contributed by atoms with van der Waals surface area (Å²) in [6.45, 7) is 4.43. The van der Waals surface area contributed by atoms with Crippen molar-refractivity contribution in [3.63, 3.8) is 0 Å². The fraction of sp³-hybridized carbons (Fsp3) is 0.471. The molecule has 1 N–H and O–H groups in total. The number of aromatic nitrogens is 1. The highest BCUT2D eigenvalue weighted by molar-refractivity contribution is 5.96. The van der Waals surface area contributed by atoms with Crippen LogP contribution in [0.3, 0.4) is 0 Å². The Morgan fingerprint density at radius 3 is 2.96 bits per heavy atom. The van der Waals surface area contributed by atoms with Crippen molar-refractivity contribution in [2.24, 2.45) is 5.92 Å². The number of rotatable bonds is 2. The molecule has 2 unspecified atom stereocenters. The summed E-state index contributed by atoms with van der Waals surface area (Å²) in [4.78, 5) is 19.2. The monoisotopic (exact) mass is 310 g/mol. The van der Waals surface area contributed by atoms with Crippen molar-refractivity contribution < 1.29 is 9.21 Å². The van der Waals surface area contributed by atoms with E-state index in [0.29, 0.717) is 34.2 Å².